The summed E-state index contributed by atoms with van der Waals surface area (Å²) in [6.45, 7) is 3.71. The van der Waals surface area contributed by atoms with Crippen LogP contribution in [0, 0.1) is 19.7 Å². The lowest BCUT2D eigenvalue weighted by Gasteiger charge is -2.07. The van der Waals surface area contributed by atoms with E-state index < -0.39 is 0 Å². The average molecular weight is 453 g/mol. The molecule has 0 unspecified atom stereocenters. The Kier molecular flexibility index (Phi) is 6.60. The molecule has 2 heterocycles. The summed E-state index contributed by atoms with van der Waals surface area (Å²) in [6.07, 6.45) is 0.455. The third kappa shape index (κ3) is 5.38. The number of nitrogens with zero attached hydrogens (tertiary/aromatic N) is 4. The van der Waals surface area contributed by atoms with Gasteiger partial charge in [-0.2, -0.15) is 4.98 Å². The van der Waals surface area contributed by atoms with E-state index in [1.807, 2.05) is 31.2 Å². The first-order valence-corrected chi connectivity index (χ1v) is 10.9. The first-order chi connectivity index (χ1) is 15.5. The Morgan fingerprint density at radius 3 is 2.78 bits per heavy atom. The van der Waals surface area contributed by atoms with Crippen molar-refractivity contribution in [3.05, 3.63) is 71.1 Å². The number of hydrogen-bond acceptors (Lipinski definition) is 8. The molecule has 0 aliphatic rings. The number of rotatable bonds is 8. The molecule has 0 radical (unpaired) electrons. The Morgan fingerprint density at radius 2 is 1.97 bits per heavy atom. The van der Waals surface area contributed by atoms with Crippen LogP contribution in [-0.2, 0) is 17.0 Å². The van der Waals surface area contributed by atoms with Gasteiger partial charge < -0.3 is 14.3 Å². The highest BCUT2D eigenvalue weighted by Crippen LogP contribution is 2.27. The van der Waals surface area contributed by atoms with Crippen LogP contribution < -0.4 is 5.32 Å². The van der Waals surface area contributed by atoms with Gasteiger partial charge in [0.25, 0.3) is 5.22 Å². The number of nitrogens with one attached hydrogen (secondary N) is 1. The second kappa shape index (κ2) is 9.73. The quantitative estimate of drug-likeness (QED) is 0.381. The zero-order chi connectivity index (χ0) is 22.5. The molecule has 0 aliphatic heterocycles. The maximum Gasteiger partial charge on any atom is 0.277 e. The lowest BCUT2D eigenvalue weighted by atomic mass is 10.1. The van der Waals surface area contributed by atoms with Crippen molar-refractivity contribution in [3.63, 3.8) is 0 Å². The summed E-state index contributed by atoms with van der Waals surface area (Å²) in [4.78, 5) is 16.5. The number of thioether (sulfide) groups is 1. The third-order valence-electron chi connectivity index (χ3n) is 4.65. The van der Waals surface area contributed by atoms with Crippen molar-refractivity contribution in [2.24, 2.45) is 0 Å². The molecule has 0 saturated carbocycles. The predicted molar refractivity (Wildman–Crippen MR) is 116 cm³/mol. The number of carbonyl (C=O) groups is 1. The summed E-state index contributed by atoms with van der Waals surface area (Å²) in [5.41, 5.74) is 3.17. The smallest absolute Gasteiger partial charge is 0.277 e. The Hall–Kier alpha value is -3.53. The van der Waals surface area contributed by atoms with Gasteiger partial charge in [-0.1, -0.05) is 35.1 Å². The molecule has 164 valence electrons. The van der Waals surface area contributed by atoms with Crippen molar-refractivity contribution < 1.29 is 18.1 Å². The first-order valence-electron chi connectivity index (χ1n) is 9.87. The van der Waals surface area contributed by atoms with Gasteiger partial charge in [-0.15, -0.1) is 10.2 Å². The van der Waals surface area contributed by atoms with E-state index in [-0.39, 0.29) is 18.1 Å². The van der Waals surface area contributed by atoms with Crippen LogP contribution in [-0.4, -0.2) is 26.2 Å². The molecule has 2 aromatic carbocycles. The van der Waals surface area contributed by atoms with E-state index in [2.05, 4.69) is 25.7 Å². The van der Waals surface area contributed by atoms with E-state index in [0.717, 1.165) is 11.1 Å². The van der Waals surface area contributed by atoms with Gasteiger partial charge in [0.05, 0.1) is 5.75 Å². The Bertz CT molecular complexity index is 1240. The van der Waals surface area contributed by atoms with Crippen LogP contribution in [0.1, 0.15) is 29.3 Å². The number of benzene rings is 2. The number of hydrogen-bond donors (Lipinski definition) is 1. The van der Waals surface area contributed by atoms with Crippen LogP contribution in [0.5, 0.6) is 0 Å². The van der Waals surface area contributed by atoms with Gasteiger partial charge in [-0.25, -0.2) is 4.39 Å². The van der Waals surface area contributed by atoms with E-state index in [0.29, 0.717) is 46.3 Å². The molecule has 32 heavy (non-hydrogen) atoms. The topological polar surface area (TPSA) is 107 Å². The summed E-state index contributed by atoms with van der Waals surface area (Å²) in [6, 6.07) is 12.0. The molecule has 4 rings (SSSR count). The van der Waals surface area contributed by atoms with Crippen LogP contribution >= 0.6 is 11.8 Å². The van der Waals surface area contributed by atoms with Gasteiger partial charge in [0.15, 0.2) is 5.82 Å². The maximum absolute atomic E-state index is 13.2. The molecule has 1 amide bonds. The van der Waals surface area contributed by atoms with Gasteiger partial charge in [0.1, 0.15) is 5.82 Å². The summed E-state index contributed by atoms with van der Waals surface area (Å²) in [5.74, 6) is 1.11. The predicted octanol–water partition coefficient (Wildman–Crippen LogP) is 4.74. The van der Waals surface area contributed by atoms with Crippen molar-refractivity contribution in [2.45, 2.75) is 37.7 Å². The standard InChI is InChI=1S/C22H20FN5O3S/c1-13-5-3-4-6-16(13)21-26-27-22(30-21)32-12-18-25-20(31-28-18)10-9-19(29)24-17-8-7-15(23)11-14(17)2/h3-8,11H,9-10,12H2,1-2H3,(H,24,29). The normalized spacial score (nSPS) is 11.0. The van der Waals surface area contributed by atoms with E-state index in [4.69, 9.17) is 8.94 Å². The molecule has 0 atom stereocenters. The highest BCUT2D eigenvalue weighted by molar-refractivity contribution is 7.98. The molecule has 2 aromatic heterocycles. The summed E-state index contributed by atoms with van der Waals surface area (Å²) in [7, 11) is 0. The molecular formula is C22H20FN5O3S. The number of carbonyl (C=O) groups excluding carboxylic acids is 1. The Balaban J connectivity index is 1.27. The van der Waals surface area contributed by atoms with Crippen molar-refractivity contribution in [3.8, 4) is 11.5 Å². The highest BCUT2D eigenvalue weighted by Gasteiger charge is 2.14. The van der Waals surface area contributed by atoms with E-state index in [1.165, 1.54) is 30.0 Å². The molecule has 0 aliphatic carbocycles. The summed E-state index contributed by atoms with van der Waals surface area (Å²) in [5, 5.41) is 15.2. The first kappa shape index (κ1) is 21.7. The van der Waals surface area contributed by atoms with Crippen LogP contribution in [0.15, 0.2) is 56.6 Å². The fraction of sp³-hybridized carbons (Fsp3) is 0.227. The monoisotopic (exact) mass is 453 g/mol. The van der Waals surface area contributed by atoms with Crippen molar-refractivity contribution in [2.75, 3.05) is 5.32 Å². The van der Waals surface area contributed by atoms with Gasteiger partial charge >= 0.3 is 0 Å². The molecule has 0 saturated heterocycles. The van der Waals surface area contributed by atoms with Crippen molar-refractivity contribution in [1.29, 1.82) is 0 Å². The van der Waals surface area contributed by atoms with Gasteiger partial charge in [-0.05, 0) is 49.2 Å². The van der Waals surface area contributed by atoms with E-state index in [9.17, 15) is 9.18 Å². The Labute approximate surface area is 187 Å². The molecule has 0 bridgehead atoms. The lowest BCUT2D eigenvalue weighted by Crippen LogP contribution is -2.13. The number of aryl methyl sites for hydroxylation is 3. The maximum atomic E-state index is 13.2. The second-order valence-corrected chi connectivity index (χ2v) is 8.02. The van der Waals surface area contributed by atoms with Gasteiger partial charge in [0, 0.05) is 24.1 Å². The van der Waals surface area contributed by atoms with E-state index in [1.54, 1.807) is 6.92 Å². The molecule has 1 N–H and O–H groups in total. The highest BCUT2D eigenvalue weighted by atomic mass is 32.2. The molecular weight excluding hydrogens is 433 g/mol. The SMILES string of the molecule is Cc1cc(F)ccc1NC(=O)CCc1nc(CSc2nnc(-c3ccccc3C)o2)no1. The third-order valence-corrected chi connectivity index (χ3v) is 5.46. The zero-order valence-corrected chi connectivity index (χ0v) is 18.3. The van der Waals surface area contributed by atoms with Crippen LogP contribution in [0.3, 0.4) is 0 Å². The van der Waals surface area contributed by atoms with Crippen LogP contribution in [0.2, 0.25) is 0 Å². The van der Waals surface area contributed by atoms with Crippen LogP contribution in [0.4, 0.5) is 10.1 Å². The van der Waals surface area contributed by atoms with Crippen molar-refractivity contribution in [1.82, 2.24) is 20.3 Å². The minimum atomic E-state index is -0.344. The van der Waals surface area contributed by atoms with Crippen LogP contribution in [0.25, 0.3) is 11.5 Å². The number of halogens is 1. The fourth-order valence-corrected chi connectivity index (χ4v) is 3.57. The van der Waals surface area contributed by atoms with E-state index >= 15 is 0 Å². The number of aromatic nitrogens is 4. The minimum absolute atomic E-state index is 0.162. The molecule has 4 aromatic rings. The zero-order valence-electron chi connectivity index (χ0n) is 17.5. The largest absolute Gasteiger partial charge is 0.411 e. The molecule has 0 fully saturated rings. The second-order valence-electron chi connectivity index (χ2n) is 7.09. The fourth-order valence-electron chi connectivity index (χ4n) is 2.97. The lowest BCUT2D eigenvalue weighted by molar-refractivity contribution is -0.116. The number of anilines is 1. The summed E-state index contributed by atoms with van der Waals surface area (Å²) >= 11 is 1.30. The van der Waals surface area contributed by atoms with Gasteiger partial charge in [0.2, 0.25) is 17.7 Å². The molecule has 8 nitrogen and oxygen atoms in total. The molecule has 10 heteroatoms. The Morgan fingerprint density at radius 1 is 1.12 bits per heavy atom. The number of amides is 1. The minimum Gasteiger partial charge on any atom is -0.411 e. The van der Waals surface area contributed by atoms with Gasteiger partial charge in [-0.3, -0.25) is 4.79 Å². The van der Waals surface area contributed by atoms with Crippen molar-refractivity contribution >= 4 is 23.4 Å². The molecule has 0 spiro atoms. The summed E-state index contributed by atoms with van der Waals surface area (Å²) < 4.78 is 24.1. The average Bonchev–Trinajstić information content (AvgIpc) is 3.43.